The number of carbonyl (C=O) groups excluding carboxylic acids is 1. The zero-order valence-electron chi connectivity index (χ0n) is 18.6. The molecule has 0 aromatic heterocycles. The SMILES string of the molecule is Cc1ccccc1NS(=O)(=O)c1ccc(C)c(C(=O)NCCCN2CCC(C)CC2)c1. The van der Waals surface area contributed by atoms with Gasteiger partial charge in [0.2, 0.25) is 0 Å². The molecule has 0 bridgehead atoms. The minimum Gasteiger partial charge on any atom is -0.352 e. The Morgan fingerprint density at radius 3 is 2.48 bits per heavy atom. The summed E-state index contributed by atoms with van der Waals surface area (Å²) in [5, 5.41) is 2.94. The molecule has 1 aliphatic rings. The molecule has 0 radical (unpaired) electrons. The van der Waals surface area contributed by atoms with E-state index in [9.17, 15) is 13.2 Å². The van der Waals surface area contributed by atoms with Crippen LogP contribution in [-0.2, 0) is 10.0 Å². The molecule has 2 aromatic carbocycles. The van der Waals surface area contributed by atoms with Crippen molar-refractivity contribution in [1.82, 2.24) is 10.2 Å². The zero-order valence-corrected chi connectivity index (χ0v) is 19.5. The summed E-state index contributed by atoms with van der Waals surface area (Å²) in [7, 11) is -3.79. The minimum atomic E-state index is -3.79. The van der Waals surface area contributed by atoms with Crippen molar-refractivity contribution in [2.75, 3.05) is 30.9 Å². The number of nitrogens with zero attached hydrogens (tertiary/aromatic N) is 1. The Morgan fingerprint density at radius 1 is 1.06 bits per heavy atom. The molecule has 7 heteroatoms. The number of nitrogens with one attached hydrogen (secondary N) is 2. The second-order valence-corrected chi connectivity index (χ2v) is 10.2. The van der Waals surface area contributed by atoms with Crippen LogP contribution in [-0.4, -0.2) is 45.4 Å². The van der Waals surface area contributed by atoms with E-state index in [1.54, 1.807) is 18.2 Å². The van der Waals surface area contributed by atoms with Crippen molar-refractivity contribution in [3.05, 3.63) is 59.2 Å². The monoisotopic (exact) mass is 443 g/mol. The van der Waals surface area contributed by atoms with Gasteiger partial charge >= 0.3 is 0 Å². The molecule has 1 saturated heterocycles. The first-order valence-corrected chi connectivity index (χ1v) is 12.4. The lowest BCUT2D eigenvalue weighted by Crippen LogP contribution is -2.35. The van der Waals surface area contributed by atoms with Crippen LogP contribution in [0.15, 0.2) is 47.4 Å². The van der Waals surface area contributed by atoms with Crippen molar-refractivity contribution < 1.29 is 13.2 Å². The second kappa shape index (κ2) is 10.3. The Labute approximate surface area is 186 Å². The molecule has 0 unspecified atom stereocenters. The van der Waals surface area contributed by atoms with E-state index in [-0.39, 0.29) is 10.8 Å². The second-order valence-electron chi connectivity index (χ2n) is 8.53. The molecule has 1 heterocycles. The maximum absolute atomic E-state index is 12.9. The number of sulfonamides is 1. The Morgan fingerprint density at radius 2 is 1.77 bits per heavy atom. The fourth-order valence-electron chi connectivity index (χ4n) is 3.79. The average Bonchev–Trinajstić information content (AvgIpc) is 2.74. The summed E-state index contributed by atoms with van der Waals surface area (Å²) in [4.78, 5) is 15.2. The first-order valence-electron chi connectivity index (χ1n) is 11.0. The molecule has 0 saturated carbocycles. The third kappa shape index (κ3) is 6.31. The predicted molar refractivity (Wildman–Crippen MR) is 125 cm³/mol. The molecule has 2 aromatic rings. The number of likely N-dealkylation sites (tertiary alicyclic amines) is 1. The van der Waals surface area contributed by atoms with Crippen molar-refractivity contribution in [2.45, 2.75) is 44.9 Å². The molecule has 0 aliphatic carbocycles. The van der Waals surface area contributed by atoms with Gasteiger partial charge in [0.1, 0.15) is 0 Å². The molecule has 1 fully saturated rings. The van der Waals surface area contributed by atoms with Gasteiger partial charge in [-0.25, -0.2) is 8.42 Å². The van der Waals surface area contributed by atoms with Gasteiger partial charge in [-0.2, -0.15) is 0 Å². The van der Waals surface area contributed by atoms with E-state index >= 15 is 0 Å². The van der Waals surface area contributed by atoms with Crippen molar-refractivity contribution in [2.24, 2.45) is 5.92 Å². The summed E-state index contributed by atoms with van der Waals surface area (Å²) in [6.07, 6.45) is 3.36. The van der Waals surface area contributed by atoms with Gasteiger partial charge in [0.05, 0.1) is 10.6 Å². The number of hydrogen-bond acceptors (Lipinski definition) is 4. The first kappa shape index (κ1) is 23.3. The smallest absolute Gasteiger partial charge is 0.261 e. The lowest BCUT2D eigenvalue weighted by atomic mass is 9.99. The van der Waals surface area contributed by atoms with Crippen LogP contribution in [0.5, 0.6) is 0 Å². The van der Waals surface area contributed by atoms with E-state index in [1.165, 1.54) is 25.0 Å². The fraction of sp³-hybridized carbons (Fsp3) is 0.458. The molecular weight excluding hydrogens is 410 g/mol. The summed E-state index contributed by atoms with van der Waals surface area (Å²) in [6, 6.07) is 11.9. The van der Waals surface area contributed by atoms with Crippen LogP contribution in [0.3, 0.4) is 0 Å². The summed E-state index contributed by atoms with van der Waals surface area (Å²) in [6.45, 7) is 9.75. The molecule has 0 spiro atoms. The number of rotatable bonds is 8. The number of anilines is 1. The zero-order chi connectivity index (χ0) is 22.4. The van der Waals surface area contributed by atoms with Crippen LogP contribution < -0.4 is 10.0 Å². The van der Waals surface area contributed by atoms with E-state index in [1.807, 2.05) is 26.0 Å². The van der Waals surface area contributed by atoms with Crippen LogP contribution in [0.25, 0.3) is 0 Å². The normalized spacial score (nSPS) is 15.6. The van der Waals surface area contributed by atoms with Crippen molar-refractivity contribution in [3.63, 3.8) is 0 Å². The lowest BCUT2D eigenvalue weighted by Gasteiger charge is -2.30. The Bertz CT molecular complexity index is 1010. The average molecular weight is 444 g/mol. The van der Waals surface area contributed by atoms with Gasteiger partial charge in [-0.1, -0.05) is 31.2 Å². The predicted octanol–water partition coefficient (Wildman–Crippen LogP) is 3.96. The lowest BCUT2D eigenvalue weighted by molar-refractivity contribution is 0.0949. The number of amides is 1. The highest BCUT2D eigenvalue weighted by molar-refractivity contribution is 7.92. The molecule has 168 valence electrons. The van der Waals surface area contributed by atoms with Crippen LogP contribution >= 0.6 is 0 Å². The Hall–Kier alpha value is -2.38. The highest BCUT2D eigenvalue weighted by Crippen LogP contribution is 2.21. The van der Waals surface area contributed by atoms with E-state index in [0.717, 1.165) is 43.1 Å². The van der Waals surface area contributed by atoms with Gasteiger partial charge in [-0.05, 0) is 88.0 Å². The van der Waals surface area contributed by atoms with Crippen LogP contribution in [0.1, 0.15) is 47.7 Å². The molecular formula is C24H33N3O3S. The van der Waals surface area contributed by atoms with Gasteiger partial charge in [-0.3, -0.25) is 9.52 Å². The van der Waals surface area contributed by atoms with Crippen molar-refractivity contribution in [3.8, 4) is 0 Å². The van der Waals surface area contributed by atoms with Crippen LogP contribution in [0.4, 0.5) is 5.69 Å². The van der Waals surface area contributed by atoms with Crippen LogP contribution in [0.2, 0.25) is 0 Å². The van der Waals surface area contributed by atoms with E-state index in [2.05, 4.69) is 21.9 Å². The third-order valence-electron chi connectivity index (χ3n) is 5.97. The molecule has 1 aliphatic heterocycles. The van der Waals surface area contributed by atoms with Gasteiger partial charge in [0, 0.05) is 12.1 Å². The topological polar surface area (TPSA) is 78.5 Å². The van der Waals surface area contributed by atoms with Gasteiger partial charge < -0.3 is 10.2 Å². The largest absolute Gasteiger partial charge is 0.352 e. The number of aryl methyl sites for hydroxylation is 2. The number of para-hydroxylation sites is 1. The maximum Gasteiger partial charge on any atom is 0.261 e. The fourth-order valence-corrected chi connectivity index (χ4v) is 4.95. The standard InChI is InChI=1S/C24H33N3O3S/c1-18-11-15-27(16-12-18)14-6-13-25-24(28)22-17-21(10-9-19(22)2)31(29,30)26-23-8-5-4-7-20(23)3/h4-5,7-10,17-18,26H,6,11-16H2,1-3H3,(H,25,28). The maximum atomic E-state index is 12.9. The first-order chi connectivity index (χ1) is 14.8. The Kier molecular flexibility index (Phi) is 7.73. The highest BCUT2D eigenvalue weighted by atomic mass is 32.2. The highest BCUT2D eigenvalue weighted by Gasteiger charge is 2.19. The molecule has 3 rings (SSSR count). The molecule has 31 heavy (non-hydrogen) atoms. The molecule has 2 N–H and O–H groups in total. The number of hydrogen-bond donors (Lipinski definition) is 2. The summed E-state index contributed by atoms with van der Waals surface area (Å²) >= 11 is 0. The minimum absolute atomic E-state index is 0.0777. The van der Waals surface area contributed by atoms with Gasteiger partial charge in [0.25, 0.3) is 15.9 Å². The molecule has 0 atom stereocenters. The summed E-state index contributed by atoms with van der Waals surface area (Å²) < 4.78 is 28.3. The van der Waals surface area contributed by atoms with E-state index in [0.29, 0.717) is 17.8 Å². The Balaban J connectivity index is 1.60. The molecule has 6 nitrogen and oxygen atoms in total. The summed E-state index contributed by atoms with van der Waals surface area (Å²) in [5.74, 6) is 0.570. The van der Waals surface area contributed by atoms with Crippen molar-refractivity contribution in [1.29, 1.82) is 0 Å². The number of benzene rings is 2. The van der Waals surface area contributed by atoms with Crippen LogP contribution in [0, 0.1) is 19.8 Å². The van der Waals surface area contributed by atoms with E-state index < -0.39 is 10.0 Å². The quantitative estimate of drug-likeness (QED) is 0.606. The number of piperidine rings is 1. The number of carbonyl (C=O) groups is 1. The third-order valence-corrected chi connectivity index (χ3v) is 7.33. The van der Waals surface area contributed by atoms with Gasteiger partial charge in [0.15, 0.2) is 0 Å². The van der Waals surface area contributed by atoms with Gasteiger partial charge in [-0.15, -0.1) is 0 Å². The van der Waals surface area contributed by atoms with Crippen molar-refractivity contribution >= 4 is 21.6 Å². The summed E-state index contributed by atoms with van der Waals surface area (Å²) in [5.41, 5.74) is 2.50. The van der Waals surface area contributed by atoms with E-state index in [4.69, 9.17) is 0 Å². The molecule has 1 amide bonds.